The van der Waals surface area contributed by atoms with Gasteiger partial charge in [0.05, 0.1) is 0 Å². The van der Waals surface area contributed by atoms with E-state index in [1.807, 2.05) is 0 Å². The molecule has 0 bridgehead atoms. The van der Waals surface area contributed by atoms with Gasteiger partial charge in [-0.15, -0.1) is 0 Å². The summed E-state index contributed by atoms with van der Waals surface area (Å²) in [5, 5.41) is 1.59. The van der Waals surface area contributed by atoms with Gasteiger partial charge in [-0.1, -0.05) is 24.6 Å². The van der Waals surface area contributed by atoms with Gasteiger partial charge in [0.2, 0.25) is 0 Å². The molecule has 0 atom stereocenters. The van der Waals surface area contributed by atoms with E-state index in [0.717, 1.165) is 0 Å². The van der Waals surface area contributed by atoms with Crippen molar-refractivity contribution >= 4 is 10.2 Å². The van der Waals surface area contributed by atoms with Gasteiger partial charge >= 0.3 is 0 Å². The summed E-state index contributed by atoms with van der Waals surface area (Å²) in [6.07, 6.45) is 0. The molecule has 0 rings (SSSR count). The highest BCUT2D eigenvalue weighted by atomic mass is 28.1. The van der Waals surface area contributed by atoms with Crippen molar-refractivity contribution in [3.05, 3.63) is 10.8 Å². The van der Waals surface area contributed by atoms with Crippen LogP contribution in [0.25, 0.3) is 0 Å². The SMILES string of the molecule is CCN(CC)CC(C)=C(C)[SiH3]. The van der Waals surface area contributed by atoms with Gasteiger partial charge in [-0.3, -0.25) is 4.90 Å². The van der Waals surface area contributed by atoms with E-state index in [4.69, 9.17) is 0 Å². The first-order valence-corrected chi connectivity index (χ1v) is 5.47. The molecule has 0 aromatic carbocycles. The van der Waals surface area contributed by atoms with E-state index < -0.39 is 0 Å². The van der Waals surface area contributed by atoms with Gasteiger partial charge in [0.25, 0.3) is 0 Å². The molecule has 0 aliphatic heterocycles. The molecule has 11 heavy (non-hydrogen) atoms. The fourth-order valence-electron chi connectivity index (χ4n) is 0.941. The molecular weight excluding hydrogens is 150 g/mol. The summed E-state index contributed by atoms with van der Waals surface area (Å²) in [4.78, 5) is 2.46. The van der Waals surface area contributed by atoms with Gasteiger partial charge in [-0.05, 0) is 26.9 Å². The molecule has 0 heterocycles. The number of rotatable bonds is 4. The van der Waals surface area contributed by atoms with Crippen molar-refractivity contribution in [2.45, 2.75) is 27.7 Å². The second kappa shape index (κ2) is 5.55. The first kappa shape index (κ1) is 10.9. The fraction of sp³-hybridized carbons (Fsp3) is 0.778. The van der Waals surface area contributed by atoms with Crippen LogP contribution in [0.2, 0.25) is 0 Å². The quantitative estimate of drug-likeness (QED) is 0.570. The summed E-state index contributed by atoms with van der Waals surface area (Å²) in [5.74, 6) is 0. The van der Waals surface area contributed by atoms with Crippen LogP contribution in [0.3, 0.4) is 0 Å². The van der Waals surface area contributed by atoms with Gasteiger partial charge in [-0.25, -0.2) is 0 Å². The lowest BCUT2D eigenvalue weighted by atomic mass is 10.2. The molecule has 0 unspecified atom stereocenters. The molecule has 0 N–H and O–H groups in total. The summed E-state index contributed by atoms with van der Waals surface area (Å²) in [6.45, 7) is 12.4. The fourth-order valence-corrected chi connectivity index (χ4v) is 1.10. The number of allylic oxidation sites excluding steroid dienone is 1. The minimum Gasteiger partial charge on any atom is -0.300 e. The van der Waals surface area contributed by atoms with E-state index in [1.165, 1.54) is 29.9 Å². The van der Waals surface area contributed by atoms with Crippen LogP contribution in [0.4, 0.5) is 0 Å². The monoisotopic (exact) mass is 171 g/mol. The van der Waals surface area contributed by atoms with Crippen LogP contribution < -0.4 is 0 Å². The predicted molar refractivity (Wildman–Crippen MR) is 56.1 cm³/mol. The largest absolute Gasteiger partial charge is 0.300 e. The van der Waals surface area contributed by atoms with Crippen LogP contribution in [0.15, 0.2) is 10.8 Å². The van der Waals surface area contributed by atoms with E-state index in [2.05, 4.69) is 32.6 Å². The van der Waals surface area contributed by atoms with Crippen molar-refractivity contribution in [2.75, 3.05) is 19.6 Å². The van der Waals surface area contributed by atoms with Crippen LogP contribution in [0, 0.1) is 0 Å². The van der Waals surface area contributed by atoms with E-state index in [1.54, 1.807) is 10.8 Å². The summed E-state index contributed by atoms with van der Waals surface area (Å²) in [5.41, 5.74) is 1.57. The standard InChI is InChI=1S/C9H21NSi/c1-5-10(6-2)7-8(3)9(4)11/h5-7H2,1-4,11H3. The van der Waals surface area contributed by atoms with E-state index in [0.29, 0.717) is 0 Å². The maximum atomic E-state index is 2.46. The molecule has 0 saturated heterocycles. The first-order valence-electron chi connectivity index (χ1n) is 4.47. The lowest BCUT2D eigenvalue weighted by Gasteiger charge is -2.19. The molecule has 0 saturated carbocycles. The molecule has 0 amide bonds. The van der Waals surface area contributed by atoms with Gasteiger partial charge in [-0.2, -0.15) is 0 Å². The van der Waals surface area contributed by atoms with Crippen LogP contribution in [-0.4, -0.2) is 34.8 Å². The summed E-state index contributed by atoms with van der Waals surface area (Å²) < 4.78 is 0. The highest BCUT2D eigenvalue weighted by Crippen LogP contribution is 2.01. The third-order valence-corrected chi connectivity index (χ3v) is 3.06. The summed E-state index contributed by atoms with van der Waals surface area (Å²) in [7, 11) is 1.22. The molecule has 66 valence electrons. The third kappa shape index (κ3) is 4.38. The minimum atomic E-state index is 1.17. The first-order chi connectivity index (χ1) is 5.11. The van der Waals surface area contributed by atoms with Gasteiger partial charge in [0.15, 0.2) is 0 Å². The van der Waals surface area contributed by atoms with Crippen molar-refractivity contribution in [3.63, 3.8) is 0 Å². The van der Waals surface area contributed by atoms with Gasteiger partial charge < -0.3 is 0 Å². The molecule has 1 nitrogen and oxygen atoms in total. The van der Waals surface area contributed by atoms with Crippen molar-refractivity contribution in [1.29, 1.82) is 0 Å². The molecule has 0 spiro atoms. The topological polar surface area (TPSA) is 3.24 Å². The van der Waals surface area contributed by atoms with Crippen LogP contribution in [0.1, 0.15) is 27.7 Å². The maximum absolute atomic E-state index is 2.46. The lowest BCUT2D eigenvalue weighted by molar-refractivity contribution is 0.329. The summed E-state index contributed by atoms with van der Waals surface area (Å²) >= 11 is 0. The Morgan fingerprint density at radius 1 is 1.18 bits per heavy atom. The Labute approximate surface area is 73.9 Å². The highest BCUT2D eigenvalue weighted by molar-refractivity contribution is 6.21. The lowest BCUT2D eigenvalue weighted by Crippen LogP contribution is -2.25. The Bertz CT molecular complexity index is 132. The number of hydrogen-bond acceptors (Lipinski definition) is 1. The highest BCUT2D eigenvalue weighted by Gasteiger charge is 1.99. The predicted octanol–water partition coefficient (Wildman–Crippen LogP) is 0.987. The third-order valence-electron chi connectivity index (χ3n) is 2.21. The zero-order valence-electron chi connectivity index (χ0n) is 8.57. The molecule has 0 aliphatic carbocycles. The second-order valence-electron chi connectivity index (χ2n) is 3.24. The number of likely N-dealkylation sites (N-methyl/N-ethyl adjacent to an activating group) is 1. The Balaban J connectivity index is 3.91. The molecular formula is C9H21NSi. The smallest absolute Gasteiger partial charge is 0.0329 e. The summed E-state index contributed by atoms with van der Waals surface area (Å²) in [6, 6.07) is 0. The molecule has 2 heteroatoms. The second-order valence-corrected chi connectivity index (χ2v) is 4.74. The minimum absolute atomic E-state index is 1.17. The van der Waals surface area contributed by atoms with Crippen molar-refractivity contribution in [3.8, 4) is 0 Å². The zero-order valence-corrected chi connectivity index (χ0v) is 10.6. The van der Waals surface area contributed by atoms with Gasteiger partial charge in [0.1, 0.15) is 0 Å². The van der Waals surface area contributed by atoms with E-state index >= 15 is 0 Å². The normalized spacial score (nSPS) is 13.9. The average Bonchev–Trinajstić information content (AvgIpc) is 1.99. The van der Waals surface area contributed by atoms with Crippen molar-refractivity contribution < 1.29 is 0 Å². The van der Waals surface area contributed by atoms with Crippen LogP contribution in [0.5, 0.6) is 0 Å². The van der Waals surface area contributed by atoms with Crippen LogP contribution >= 0.6 is 0 Å². The molecule has 0 fully saturated rings. The van der Waals surface area contributed by atoms with Crippen molar-refractivity contribution in [1.82, 2.24) is 4.90 Å². The van der Waals surface area contributed by atoms with Crippen molar-refractivity contribution in [2.24, 2.45) is 0 Å². The number of hydrogen-bond donors (Lipinski definition) is 0. The Hall–Kier alpha value is -0.0831. The van der Waals surface area contributed by atoms with E-state index in [-0.39, 0.29) is 0 Å². The molecule has 0 aliphatic rings. The zero-order chi connectivity index (χ0) is 8.85. The van der Waals surface area contributed by atoms with Crippen LogP contribution in [-0.2, 0) is 0 Å². The Morgan fingerprint density at radius 3 is 1.91 bits per heavy atom. The molecule has 0 aromatic rings. The Morgan fingerprint density at radius 2 is 1.64 bits per heavy atom. The number of nitrogens with zero attached hydrogens (tertiary/aromatic N) is 1. The Kier molecular flexibility index (Phi) is 5.51. The molecule has 0 aromatic heterocycles. The van der Waals surface area contributed by atoms with Gasteiger partial charge in [0, 0.05) is 16.8 Å². The average molecular weight is 171 g/mol. The maximum Gasteiger partial charge on any atom is 0.0329 e. The van der Waals surface area contributed by atoms with E-state index in [9.17, 15) is 0 Å². The molecule has 0 radical (unpaired) electrons.